The molecule has 0 aliphatic rings. The maximum atomic E-state index is 12.0. The standard InChI is InChI=1S/C12H15N5O2/c1-3-17-7-9(13)11(16-17)12(18)15-8-4-5-10(19-2)14-6-8/h4-7H,3,13H2,1-2H3,(H,15,18). The normalized spacial score (nSPS) is 10.2. The van der Waals surface area contributed by atoms with Crippen molar-refractivity contribution in [2.45, 2.75) is 13.5 Å². The molecule has 2 aromatic rings. The first-order chi connectivity index (χ1) is 9.13. The number of ether oxygens (including phenoxy) is 1. The molecule has 7 nitrogen and oxygen atoms in total. The fraction of sp³-hybridized carbons (Fsp3) is 0.250. The fourth-order valence-electron chi connectivity index (χ4n) is 1.54. The predicted octanol–water partition coefficient (Wildman–Crippen LogP) is 1.14. The summed E-state index contributed by atoms with van der Waals surface area (Å²) in [6.07, 6.45) is 3.13. The molecule has 0 radical (unpaired) electrons. The van der Waals surface area contributed by atoms with Crippen LogP contribution in [0, 0.1) is 0 Å². The number of hydrogen-bond acceptors (Lipinski definition) is 5. The lowest BCUT2D eigenvalue weighted by atomic mass is 10.3. The van der Waals surface area contributed by atoms with E-state index >= 15 is 0 Å². The highest BCUT2D eigenvalue weighted by atomic mass is 16.5. The Bertz CT molecular complexity index is 576. The summed E-state index contributed by atoms with van der Waals surface area (Å²) in [6.45, 7) is 2.57. The van der Waals surface area contributed by atoms with Crippen LogP contribution in [0.5, 0.6) is 5.88 Å². The lowest BCUT2D eigenvalue weighted by Crippen LogP contribution is -2.14. The van der Waals surface area contributed by atoms with E-state index in [0.29, 0.717) is 23.8 Å². The number of carbonyl (C=O) groups excluding carboxylic acids is 1. The lowest BCUT2D eigenvalue weighted by molar-refractivity contribution is 0.102. The number of hydrogen-bond donors (Lipinski definition) is 2. The summed E-state index contributed by atoms with van der Waals surface area (Å²) in [7, 11) is 1.53. The smallest absolute Gasteiger partial charge is 0.278 e. The van der Waals surface area contributed by atoms with Crippen molar-refractivity contribution in [2.75, 3.05) is 18.2 Å². The number of rotatable bonds is 4. The van der Waals surface area contributed by atoms with Crippen LogP contribution >= 0.6 is 0 Å². The first-order valence-corrected chi connectivity index (χ1v) is 5.78. The van der Waals surface area contributed by atoms with Gasteiger partial charge >= 0.3 is 0 Å². The topological polar surface area (TPSA) is 95.1 Å². The van der Waals surface area contributed by atoms with Crippen molar-refractivity contribution in [3.05, 3.63) is 30.2 Å². The minimum absolute atomic E-state index is 0.206. The first-order valence-electron chi connectivity index (χ1n) is 5.78. The van der Waals surface area contributed by atoms with E-state index in [2.05, 4.69) is 15.4 Å². The molecule has 0 fully saturated rings. The van der Waals surface area contributed by atoms with Gasteiger partial charge in [-0.2, -0.15) is 5.10 Å². The summed E-state index contributed by atoms with van der Waals surface area (Å²) in [5.41, 5.74) is 6.84. The number of pyridine rings is 1. The van der Waals surface area contributed by atoms with Gasteiger partial charge in [-0.25, -0.2) is 4.98 Å². The third kappa shape index (κ3) is 2.82. The van der Waals surface area contributed by atoms with Gasteiger partial charge in [0.15, 0.2) is 5.69 Å². The van der Waals surface area contributed by atoms with Gasteiger partial charge in [-0.1, -0.05) is 0 Å². The molecule has 2 aromatic heterocycles. The van der Waals surface area contributed by atoms with Gasteiger partial charge in [0.25, 0.3) is 5.91 Å². The monoisotopic (exact) mass is 261 g/mol. The van der Waals surface area contributed by atoms with Gasteiger partial charge in [-0.05, 0) is 13.0 Å². The minimum Gasteiger partial charge on any atom is -0.481 e. The molecule has 0 aliphatic carbocycles. The van der Waals surface area contributed by atoms with Crippen LogP contribution in [-0.2, 0) is 6.54 Å². The first kappa shape index (κ1) is 12.9. The SMILES string of the molecule is CCn1cc(N)c(C(=O)Nc2ccc(OC)nc2)n1. The molecular formula is C12H15N5O2. The van der Waals surface area contributed by atoms with Crippen molar-refractivity contribution in [1.29, 1.82) is 0 Å². The van der Waals surface area contributed by atoms with Gasteiger partial charge in [-0.15, -0.1) is 0 Å². The maximum Gasteiger partial charge on any atom is 0.278 e. The van der Waals surface area contributed by atoms with Crippen molar-refractivity contribution < 1.29 is 9.53 Å². The van der Waals surface area contributed by atoms with Crippen molar-refractivity contribution >= 4 is 17.3 Å². The van der Waals surface area contributed by atoms with Gasteiger partial charge in [0.05, 0.1) is 24.7 Å². The molecule has 2 heterocycles. The molecule has 0 aliphatic heterocycles. The van der Waals surface area contributed by atoms with Crippen LogP contribution in [-0.4, -0.2) is 27.8 Å². The number of amides is 1. The van der Waals surface area contributed by atoms with Crippen LogP contribution in [0.25, 0.3) is 0 Å². The second-order valence-corrected chi connectivity index (χ2v) is 3.83. The van der Waals surface area contributed by atoms with Crippen LogP contribution in [0.1, 0.15) is 17.4 Å². The van der Waals surface area contributed by atoms with Crippen molar-refractivity contribution in [3.63, 3.8) is 0 Å². The zero-order valence-corrected chi connectivity index (χ0v) is 10.8. The van der Waals surface area contributed by atoms with Crippen LogP contribution in [0.4, 0.5) is 11.4 Å². The van der Waals surface area contributed by atoms with Crippen LogP contribution in [0.2, 0.25) is 0 Å². The molecule has 19 heavy (non-hydrogen) atoms. The van der Waals surface area contributed by atoms with Gasteiger partial charge < -0.3 is 15.8 Å². The number of carbonyl (C=O) groups is 1. The fourth-order valence-corrected chi connectivity index (χ4v) is 1.54. The van der Waals surface area contributed by atoms with E-state index in [-0.39, 0.29) is 11.6 Å². The molecule has 3 N–H and O–H groups in total. The van der Waals surface area contributed by atoms with Crippen LogP contribution in [0.3, 0.4) is 0 Å². The molecule has 2 rings (SSSR count). The number of aromatic nitrogens is 3. The Balaban J connectivity index is 2.13. The number of nitrogens with one attached hydrogen (secondary N) is 1. The van der Waals surface area contributed by atoms with E-state index in [1.54, 1.807) is 23.0 Å². The highest BCUT2D eigenvalue weighted by Gasteiger charge is 2.14. The van der Waals surface area contributed by atoms with E-state index in [1.165, 1.54) is 13.3 Å². The Hall–Kier alpha value is -2.57. The third-order valence-corrected chi connectivity index (χ3v) is 2.53. The Kier molecular flexibility index (Phi) is 3.65. The Morgan fingerprint density at radius 3 is 2.84 bits per heavy atom. The van der Waals surface area contributed by atoms with Crippen LogP contribution in [0.15, 0.2) is 24.5 Å². The molecule has 0 aromatic carbocycles. The summed E-state index contributed by atoms with van der Waals surface area (Å²) in [4.78, 5) is 16.0. The van der Waals surface area contributed by atoms with Crippen molar-refractivity contribution in [2.24, 2.45) is 0 Å². The average Bonchev–Trinajstić information content (AvgIpc) is 2.81. The summed E-state index contributed by atoms with van der Waals surface area (Å²) < 4.78 is 6.54. The summed E-state index contributed by atoms with van der Waals surface area (Å²) in [5, 5.41) is 6.77. The third-order valence-electron chi connectivity index (χ3n) is 2.53. The van der Waals surface area contributed by atoms with Gasteiger partial charge in [0, 0.05) is 18.8 Å². The highest BCUT2D eigenvalue weighted by Crippen LogP contribution is 2.14. The van der Waals surface area contributed by atoms with E-state index in [0.717, 1.165) is 0 Å². The zero-order valence-electron chi connectivity index (χ0n) is 10.8. The molecule has 7 heteroatoms. The van der Waals surface area contributed by atoms with Gasteiger partial charge in [0.1, 0.15) is 0 Å². The van der Waals surface area contributed by atoms with Crippen molar-refractivity contribution in [3.8, 4) is 5.88 Å². The molecule has 0 unspecified atom stereocenters. The molecule has 0 bridgehead atoms. The molecule has 0 saturated heterocycles. The second-order valence-electron chi connectivity index (χ2n) is 3.83. The summed E-state index contributed by atoms with van der Waals surface area (Å²) in [5.74, 6) is 0.115. The lowest BCUT2D eigenvalue weighted by Gasteiger charge is -2.04. The number of methoxy groups -OCH3 is 1. The number of anilines is 2. The van der Waals surface area contributed by atoms with Gasteiger partial charge in [0.2, 0.25) is 5.88 Å². The maximum absolute atomic E-state index is 12.0. The molecule has 0 saturated carbocycles. The van der Waals surface area contributed by atoms with E-state index in [4.69, 9.17) is 10.5 Å². The average molecular weight is 261 g/mol. The Morgan fingerprint density at radius 2 is 2.32 bits per heavy atom. The second kappa shape index (κ2) is 5.38. The molecule has 1 amide bonds. The summed E-state index contributed by atoms with van der Waals surface area (Å²) in [6, 6.07) is 3.35. The number of aryl methyl sites for hydroxylation is 1. The van der Waals surface area contributed by atoms with Crippen molar-refractivity contribution in [1.82, 2.24) is 14.8 Å². The summed E-state index contributed by atoms with van der Waals surface area (Å²) >= 11 is 0. The van der Waals surface area contributed by atoms with E-state index in [1.807, 2.05) is 6.92 Å². The molecule has 0 spiro atoms. The molecular weight excluding hydrogens is 246 g/mol. The Morgan fingerprint density at radius 1 is 1.53 bits per heavy atom. The number of nitrogens with two attached hydrogens (primary N) is 1. The highest BCUT2D eigenvalue weighted by molar-refractivity contribution is 6.06. The minimum atomic E-state index is -0.364. The molecule has 0 atom stereocenters. The van der Waals surface area contributed by atoms with Gasteiger partial charge in [-0.3, -0.25) is 9.48 Å². The predicted molar refractivity (Wildman–Crippen MR) is 71.1 cm³/mol. The Labute approximate surface area is 110 Å². The largest absolute Gasteiger partial charge is 0.481 e. The van der Waals surface area contributed by atoms with E-state index < -0.39 is 0 Å². The van der Waals surface area contributed by atoms with Crippen LogP contribution < -0.4 is 15.8 Å². The zero-order chi connectivity index (χ0) is 13.8. The number of nitrogens with zero attached hydrogens (tertiary/aromatic N) is 3. The van der Waals surface area contributed by atoms with E-state index in [9.17, 15) is 4.79 Å². The quantitative estimate of drug-likeness (QED) is 0.860. The molecule has 100 valence electrons. The number of nitrogen functional groups attached to an aromatic ring is 1.